The van der Waals surface area contributed by atoms with Crippen LogP contribution in [0.5, 0.6) is 0 Å². The van der Waals surface area contributed by atoms with Crippen LogP contribution in [0.1, 0.15) is 18.9 Å². The summed E-state index contributed by atoms with van der Waals surface area (Å²) in [7, 11) is 0. The number of hydrogen-bond acceptors (Lipinski definition) is 7. The van der Waals surface area contributed by atoms with E-state index in [-0.39, 0.29) is 36.4 Å². The van der Waals surface area contributed by atoms with E-state index < -0.39 is 12.2 Å². The summed E-state index contributed by atoms with van der Waals surface area (Å²) >= 11 is 0. The molecule has 0 aliphatic carbocycles. The Hall–Kier alpha value is -2.56. The summed E-state index contributed by atoms with van der Waals surface area (Å²) in [6, 6.07) is -0.578. The molecule has 4 heterocycles. The molecule has 2 aromatic heterocycles. The fourth-order valence-corrected chi connectivity index (χ4v) is 3.75. The van der Waals surface area contributed by atoms with Crippen LogP contribution in [0.15, 0.2) is 21.6 Å². The van der Waals surface area contributed by atoms with Gasteiger partial charge in [0.25, 0.3) is 5.56 Å². The molecule has 0 spiro atoms. The maximum atomic E-state index is 13.7. The van der Waals surface area contributed by atoms with E-state index in [0.29, 0.717) is 31.1 Å². The van der Waals surface area contributed by atoms with Crippen LogP contribution in [0, 0.1) is 6.92 Å². The molecule has 2 atom stereocenters. The second-order valence-electron chi connectivity index (χ2n) is 7.00. The van der Waals surface area contributed by atoms with Crippen LogP contribution in [-0.4, -0.2) is 52.7 Å². The van der Waals surface area contributed by atoms with Gasteiger partial charge in [0, 0.05) is 19.2 Å². The number of rotatable bonds is 2. The summed E-state index contributed by atoms with van der Waals surface area (Å²) in [5, 5.41) is 3.52. The van der Waals surface area contributed by atoms with Gasteiger partial charge in [-0.05, 0) is 20.3 Å². The van der Waals surface area contributed by atoms with Crippen molar-refractivity contribution in [3.05, 3.63) is 28.2 Å². The van der Waals surface area contributed by atoms with Gasteiger partial charge in [0.05, 0.1) is 31.0 Å². The highest BCUT2D eigenvalue weighted by atomic mass is 19.4. The molecular weight excluding hydrogens is 379 g/mol. The summed E-state index contributed by atoms with van der Waals surface area (Å²) in [5.74, 6) is 0.182. The zero-order valence-corrected chi connectivity index (χ0v) is 15.4. The number of halogens is 3. The molecule has 2 aromatic rings. The minimum atomic E-state index is -4.52. The molecule has 0 radical (unpaired) electrons. The minimum absolute atomic E-state index is 0.0527. The molecule has 152 valence electrons. The first-order valence-corrected chi connectivity index (χ1v) is 9.01. The van der Waals surface area contributed by atoms with E-state index in [4.69, 9.17) is 9.26 Å². The number of anilines is 3. The number of morpholine rings is 1. The Labute approximate surface area is 158 Å². The SMILES string of the molecule is Cc1c(N2CCOC[C@H]2C)nc2n(c1=O)CC[C@@H](C(F)(F)F)N2c1ccno1. The zero-order valence-electron chi connectivity index (χ0n) is 15.4. The first kappa shape index (κ1) is 18.8. The van der Waals surface area contributed by atoms with Crippen molar-refractivity contribution in [1.82, 2.24) is 14.7 Å². The molecule has 1 saturated heterocycles. The fraction of sp³-hybridized carbons (Fsp3) is 0.588. The Morgan fingerprint density at radius 3 is 2.71 bits per heavy atom. The van der Waals surface area contributed by atoms with Crippen LogP contribution >= 0.6 is 0 Å². The molecule has 28 heavy (non-hydrogen) atoms. The van der Waals surface area contributed by atoms with E-state index in [2.05, 4.69) is 10.1 Å². The molecule has 1 fully saturated rings. The number of aromatic nitrogens is 3. The van der Waals surface area contributed by atoms with Crippen molar-refractivity contribution in [3.8, 4) is 0 Å². The van der Waals surface area contributed by atoms with Crippen molar-refractivity contribution in [1.29, 1.82) is 0 Å². The highest BCUT2D eigenvalue weighted by Crippen LogP contribution is 2.39. The summed E-state index contributed by atoms with van der Waals surface area (Å²) in [6.07, 6.45) is -3.54. The first-order chi connectivity index (χ1) is 13.3. The van der Waals surface area contributed by atoms with Crippen molar-refractivity contribution in [2.24, 2.45) is 0 Å². The third kappa shape index (κ3) is 3.03. The quantitative estimate of drug-likeness (QED) is 0.767. The number of hydrogen-bond donors (Lipinski definition) is 0. The van der Waals surface area contributed by atoms with E-state index in [9.17, 15) is 18.0 Å². The van der Waals surface area contributed by atoms with Crippen molar-refractivity contribution >= 4 is 17.7 Å². The van der Waals surface area contributed by atoms with Crippen molar-refractivity contribution in [2.75, 3.05) is 29.6 Å². The molecular formula is C17H20F3N5O3. The van der Waals surface area contributed by atoms with Gasteiger partial charge in [0.1, 0.15) is 11.9 Å². The van der Waals surface area contributed by atoms with E-state index in [1.165, 1.54) is 16.8 Å². The van der Waals surface area contributed by atoms with E-state index in [0.717, 1.165) is 4.90 Å². The molecule has 2 aliphatic rings. The second-order valence-corrected chi connectivity index (χ2v) is 7.00. The lowest BCUT2D eigenvalue weighted by Crippen LogP contribution is -2.51. The average Bonchev–Trinajstić information content (AvgIpc) is 3.18. The zero-order chi connectivity index (χ0) is 20.1. The number of alkyl halides is 3. The Kier molecular flexibility index (Phi) is 4.56. The Morgan fingerprint density at radius 2 is 2.07 bits per heavy atom. The predicted octanol–water partition coefficient (Wildman–Crippen LogP) is 2.24. The lowest BCUT2D eigenvalue weighted by molar-refractivity contribution is -0.151. The van der Waals surface area contributed by atoms with Crippen molar-refractivity contribution in [2.45, 2.75) is 45.1 Å². The van der Waals surface area contributed by atoms with Crippen molar-refractivity contribution in [3.63, 3.8) is 0 Å². The monoisotopic (exact) mass is 399 g/mol. The van der Waals surface area contributed by atoms with Gasteiger partial charge in [-0.25, -0.2) is 0 Å². The first-order valence-electron chi connectivity index (χ1n) is 9.01. The van der Waals surface area contributed by atoms with E-state index in [1.807, 2.05) is 11.8 Å². The van der Waals surface area contributed by atoms with Crippen LogP contribution in [0.2, 0.25) is 0 Å². The molecule has 8 nitrogen and oxygen atoms in total. The van der Waals surface area contributed by atoms with E-state index in [1.54, 1.807) is 6.92 Å². The third-order valence-electron chi connectivity index (χ3n) is 5.18. The topological polar surface area (TPSA) is 76.6 Å². The van der Waals surface area contributed by atoms with Crippen molar-refractivity contribution < 1.29 is 22.4 Å². The van der Waals surface area contributed by atoms with Gasteiger partial charge in [-0.2, -0.15) is 18.2 Å². The number of ether oxygens (including phenoxy) is 1. The third-order valence-corrected chi connectivity index (χ3v) is 5.18. The second kappa shape index (κ2) is 6.80. The molecule has 0 unspecified atom stereocenters. The average molecular weight is 399 g/mol. The van der Waals surface area contributed by atoms with Crippen LogP contribution in [0.25, 0.3) is 0 Å². The van der Waals surface area contributed by atoms with E-state index >= 15 is 0 Å². The van der Waals surface area contributed by atoms with Gasteiger partial charge >= 0.3 is 6.18 Å². The van der Waals surface area contributed by atoms with Gasteiger partial charge in [0.2, 0.25) is 11.8 Å². The minimum Gasteiger partial charge on any atom is -0.377 e. The lowest BCUT2D eigenvalue weighted by atomic mass is 10.1. The highest BCUT2D eigenvalue weighted by molar-refractivity contribution is 5.58. The Bertz CT molecular complexity index is 912. The summed E-state index contributed by atoms with van der Waals surface area (Å²) in [6.45, 7) is 4.91. The van der Waals surface area contributed by atoms with Crippen LogP contribution in [0.4, 0.5) is 30.8 Å². The molecule has 4 rings (SSSR count). The largest absolute Gasteiger partial charge is 0.409 e. The molecule has 0 N–H and O–H groups in total. The van der Waals surface area contributed by atoms with Gasteiger partial charge in [0.15, 0.2) is 0 Å². The predicted molar refractivity (Wildman–Crippen MR) is 94.0 cm³/mol. The van der Waals surface area contributed by atoms with Gasteiger partial charge in [-0.3, -0.25) is 14.3 Å². The fourth-order valence-electron chi connectivity index (χ4n) is 3.75. The van der Waals surface area contributed by atoms with Gasteiger partial charge in [-0.1, -0.05) is 5.16 Å². The van der Waals surface area contributed by atoms with Crippen LogP contribution in [0.3, 0.4) is 0 Å². The van der Waals surface area contributed by atoms with Crippen LogP contribution < -0.4 is 15.4 Å². The Morgan fingerprint density at radius 1 is 1.29 bits per heavy atom. The number of nitrogens with zero attached hydrogens (tertiary/aromatic N) is 5. The number of fused-ring (bicyclic) bond motifs is 1. The summed E-state index contributed by atoms with van der Waals surface area (Å²) in [4.78, 5) is 20.3. The van der Waals surface area contributed by atoms with Gasteiger partial charge in [-0.15, -0.1) is 0 Å². The maximum Gasteiger partial charge on any atom is 0.409 e. The molecule has 0 aromatic carbocycles. The van der Waals surface area contributed by atoms with Gasteiger partial charge < -0.3 is 14.2 Å². The van der Waals surface area contributed by atoms with Crippen LogP contribution in [-0.2, 0) is 11.3 Å². The smallest absolute Gasteiger partial charge is 0.377 e. The standard InChI is InChI=1S/C17H20F3N5O3/c1-10-9-27-8-7-23(10)14-11(2)15(26)24-6-4-12(17(18,19)20)25(16(24)22-14)13-3-5-21-28-13/h3,5,10,12H,4,6-9H2,1-2H3/t10-,12+/m1/s1. The normalized spacial score (nSPS) is 23.0. The summed E-state index contributed by atoms with van der Waals surface area (Å²) < 4.78 is 52.9. The molecule has 0 bridgehead atoms. The molecule has 2 aliphatic heterocycles. The maximum absolute atomic E-state index is 13.7. The molecule has 11 heteroatoms. The molecule has 0 amide bonds. The molecule has 0 saturated carbocycles. The highest BCUT2D eigenvalue weighted by Gasteiger charge is 2.49. The Balaban J connectivity index is 1.89. The summed E-state index contributed by atoms with van der Waals surface area (Å²) in [5.41, 5.74) is 0.0457. The lowest BCUT2D eigenvalue weighted by Gasteiger charge is -2.39.